The van der Waals surface area contributed by atoms with Crippen LogP contribution in [0.5, 0.6) is 0 Å². The van der Waals surface area contributed by atoms with Crippen molar-refractivity contribution in [1.82, 2.24) is 0 Å². The Morgan fingerprint density at radius 2 is 0.667 bits per heavy atom. The van der Waals surface area contributed by atoms with Crippen LogP contribution in [0.1, 0.15) is 30.1 Å². The van der Waals surface area contributed by atoms with Crippen LogP contribution in [-0.2, 0) is 17.1 Å². The molecule has 0 unspecified atom stereocenters. The van der Waals surface area contributed by atoms with Crippen molar-refractivity contribution >= 4 is 55.7 Å². The Labute approximate surface area is 318 Å². The predicted molar refractivity (Wildman–Crippen MR) is 228 cm³/mol. The SMILES string of the molecule is C(C[PH+](c1ccccc1)c1ccccc1)=N[C@H](c1ccccc1)[C@H](N=CC[PH+](c1ccccc1)c1ccccc1)c1ccccc1.CC=[N-].[CH3-].[Fe+2]. The second-order valence-electron chi connectivity index (χ2n) is 11.5. The summed E-state index contributed by atoms with van der Waals surface area (Å²) >= 11 is 0. The van der Waals surface area contributed by atoms with Gasteiger partial charge in [0.25, 0.3) is 0 Å². The fourth-order valence-corrected chi connectivity index (χ4v) is 10.4. The van der Waals surface area contributed by atoms with Gasteiger partial charge in [-0.2, -0.15) is 0 Å². The van der Waals surface area contributed by atoms with Crippen molar-refractivity contribution in [3.05, 3.63) is 206 Å². The summed E-state index contributed by atoms with van der Waals surface area (Å²) in [5.74, 6) is 0. The van der Waals surface area contributed by atoms with Crippen LogP contribution >= 0.6 is 15.8 Å². The number of nitrogens with zero attached hydrogens (tertiary/aromatic N) is 3. The van der Waals surface area contributed by atoms with E-state index in [1.165, 1.54) is 32.3 Å². The van der Waals surface area contributed by atoms with Gasteiger partial charge < -0.3 is 12.8 Å². The summed E-state index contributed by atoms with van der Waals surface area (Å²) < 4.78 is 0. The Morgan fingerprint density at radius 3 is 0.902 bits per heavy atom. The third-order valence-corrected chi connectivity index (χ3v) is 13.5. The van der Waals surface area contributed by atoms with Crippen molar-refractivity contribution in [3.8, 4) is 0 Å². The van der Waals surface area contributed by atoms with E-state index in [0.29, 0.717) is 0 Å². The standard InChI is InChI=1S/C42H38N2P2.C2H4N.CH3.Fe/c1-7-19-35(20-8-1)41(43-31-33-45(37-23-11-3-12-24-37)38-25-13-4-14-26-38)42(36-21-9-2-10-22-36)44-32-34-46(39-27-15-5-16-28-39)40-29-17-6-18-30-40;1-2-3;;/h1-32,41-42H,33-34H2;2H,1H3;1H3;/q;2*-1;+2/p+2/t41-,42-;;;/m1.../s1. The molecule has 0 heterocycles. The molecule has 0 aliphatic heterocycles. The van der Waals surface area contributed by atoms with E-state index in [1.807, 2.05) is 0 Å². The van der Waals surface area contributed by atoms with Crippen LogP contribution in [-0.4, -0.2) is 31.0 Å². The molecule has 0 saturated heterocycles. The number of benzene rings is 6. The normalized spacial score (nSPS) is 12.0. The van der Waals surface area contributed by atoms with E-state index in [9.17, 15) is 0 Å². The molecule has 0 bridgehead atoms. The molecule has 6 heteroatoms. The van der Waals surface area contributed by atoms with Crippen molar-refractivity contribution < 1.29 is 17.1 Å². The van der Waals surface area contributed by atoms with Crippen molar-refractivity contribution in [1.29, 1.82) is 0 Å². The smallest absolute Gasteiger partial charge is 0.814 e. The molecule has 0 amide bonds. The summed E-state index contributed by atoms with van der Waals surface area (Å²) in [7, 11) is -2.08. The summed E-state index contributed by atoms with van der Waals surface area (Å²) in [5, 5.41) is 13.0. The van der Waals surface area contributed by atoms with Gasteiger partial charge in [-0.3, -0.25) is 9.98 Å². The Bertz CT molecular complexity index is 1630. The quantitative estimate of drug-likeness (QED) is 0.0490. The monoisotopic (exact) mass is 747 g/mol. The number of hydrogen-bond donors (Lipinski definition) is 0. The van der Waals surface area contributed by atoms with Crippen LogP contribution < -0.4 is 21.2 Å². The summed E-state index contributed by atoms with van der Waals surface area (Å²) in [4.78, 5) is 10.7. The molecular formula is C45H47FeN3P2+2. The fourth-order valence-electron chi connectivity index (χ4n) is 5.88. The van der Waals surface area contributed by atoms with E-state index in [1.54, 1.807) is 6.92 Å². The van der Waals surface area contributed by atoms with Gasteiger partial charge in [0.05, 0.1) is 37.1 Å². The predicted octanol–water partition coefficient (Wildman–Crippen LogP) is 9.44. The Kier molecular flexibility index (Phi) is 18.7. The van der Waals surface area contributed by atoms with Crippen LogP contribution in [0.2, 0.25) is 0 Å². The first-order valence-electron chi connectivity index (χ1n) is 16.8. The molecule has 51 heavy (non-hydrogen) atoms. The summed E-state index contributed by atoms with van der Waals surface area (Å²) in [6, 6.07) is 64.7. The second-order valence-corrected chi connectivity index (χ2v) is 16.5. The largest absolute Gasteiger partial charge is 2.00 e. The van der Waals surface area contributed by atoms with E-state index in [2.05, 4.69) is 194 Å². The van der Waals surface area contributed by atoms with Gasteiger partial charge in [0, 0.05) is 12.4 Å². The van der Waals surface area contributed by atoms with Crippen molar-refractivity contribution in [3.63, 3.8) is 0 Å². The molecule has 0 radical (unpaired) electrons. The molecule has 6 rings (SSSR count). The Hall–Kier alpha value is -4.29. The van der Waals surface area contributed by atoms with Crippen molar-refractivity contribution in [2.75, 3.05) is 12.3 Å². The van der Waals surface area contributed by atoms with Gasteiger partial charge in [0.2, 0.25) is 0 Å². The van der Waals surface area contributed by atoms with Crippen molar-refractivity contribution in [2.45, 2.75) is 19.0 Å². The minimum Gasteiger partial charge on any atom is -0.814 e. The first kappa shape index (κ1) is 41.1. The summed E-state index contributed by atoms with van der Waals surface area (Å²) in [6.07, 6.45) is 7.17. The molecular weight excluding hydrogens is 700 g/mol. The first-order valence-corrected chi connectivity index (χ1v) is 20.2. The zero-order valence-corrected chi connectivity index (χ0v) is 32.4. The average Bonchev–Trinajstić information content (AvgIpc) is 3.18. The molecule has 0 fully saturated rings. The first-order chi connectivity index (χ1) is 24.3. The van der Waals surface area contributed by atoms with Gasteiger partial charge in [-0.1, -0.05) is 140 Å². The Morgan fingerprint density at radius 1 is 0.451 bits per heavy atom. The van der Waals surface area contributed by atoms with E-state index >= 15 is 0 Å². The third kappa shape index (κ3) is 12.5. The molecule has 0 aliphatic carbocycles. The van der Waals surface area contributed by atoms with E-state index in [4.69, 9.17) is 15.4 Å². The molecule has 0 saturated carbocycles. The average molecular weight is 748 g/mol. The number of aliphatic imine (C=N–C) groups is 2. The summed E-state index contributed by atoms with van der Waals surface area (Å²) in [6.45, 7) is 1.56. The van der Waals surface area contributed by atoms with Crippen LogP contribution in [0.3, 0.4) is 0 Å². The van der Waals surface area contributed by atoms with E-state index in [0.717, 1.165) is 18.5 Å². The van der Waals surface area contributed by atoms with E-state index in [-0.39, 0.29) is 36.6 Å². The van der Waals surface area contributed by atoms with Crippen LogP contribution in [0.15, 0.2) is 192 Å². The minimum absolute atomic E-state index is 0. The van der Waals surface area contributed by atoms with Gasteiger partial charge in [0.1, 0.15) is 24.4 Å². The maximum absolute atomic E-state index is 7.44. The summed E-state index contributed by atoms with van der Waals surface area (Å²) in [5.41, 5.74) is 2.35. The maximum atomic E-state index is 7.44. The van der Waals surface area contributed by atoms with Crippen LogP contribution in [0, 0.1) is 7.43 Å². The Balaban J connectivity index is 0.00000136. The number of hydrogen-bond acceptors (Lipinski definition) is 2. The zero-order valence-electron chi connectivity index (χ0n) is 29.3. The third-order valence-electron chi connectivity index (χ3n) is 8.19. The van der Waals surface area contributed by atoms with Crippen LogP contribution in [0.25, 0.3) is 5.41 Å². The molecule has 6 aromatic rings. The molecule has 6 aromatic carbocycles. The molecule has 0 aromatic heterocycles. The van der Waals surface area contributed by atoms with Gasteiger partial charge in [0.15, 0.2) is 0 Å². The maximum Gasteiger partial charge on any atom is 2.00 e. The molecule has 0 spiro atoms. The van der Waals surface area contributed by atoms with Crippen LogP contribution in [0.4, 0.5) is 0 Å². The number of rotatable bonds is 13. The molecule has 2 atom stereocenters. The second kappa shape index (κ2) is 23.2. The van der Waals surface area contributed by atoms with Gasteiger partial charge in [-0.05, 0) is 59.7 Å². The topological polar surface area (TPSA) is 47.0 Å². The molecule has 258 valence electrons. The van der Waals surface area contributed by atoms with Gasteiger partial charge in [-0.15, -0.1) is 0 Å². The van der Waals surface area contributed by atoms with Crippen molar-refractivity contribution in [2.24, 2.45) is 9.98 Å². The van der Waals surface area contributed by atoms with E-state index < -0.39 is 15.8 Å². The molecule has 0 aliphatic rings. The minimum atomic E-state index is -1.04. The molecule has 3 nitrogen and oxygen atoms in total. The zero-order chi connectivity index (χ0) is 33.9. The van der Waals surface area contributed by atoms with Gasteiger partial charge >= 0.3 is 17.1 Å². The fraction of sp³-hybridized carbons (Fsp3) is 0.111. The van der Waals surface area contributed by atoms with Gasteiger partial charge in [-0.25, -0.2) is 6.21 Å². The molecule has 0 N–H and O–H groups in total.